The predicted molar refractivity (Wildman–Crippen MR) is 117 cm³/mol. The molecule has 0 aliphatic heterocycles. The van der Waals surface area contributed by atoms with Crippen molar-refractivity contribution in [3.8, 4) is 0 Å². The van der Waals surface area contributed by atoms with Gasteiger partial charge in [-0.1, -0.05) is 30.3 Å². The number of hydrogen-bond donors (Lipinski definition) is 2. The van der Waals surface area contributed by atoms with Gasteiger partial charge in [0.05, 0.1) is 11.1 Å². The largest absolute Gasteiger partial charge is 0.456 e. The summed E-state index contributed by atoms with van der Waals surface area (Å²) in [6.45, 7) is 3.32. The second-order valence-corrected chi connectivity index (χ2v) is 7.42. The summed E-state index contributed by atoms with van der Waals surface area (Å²) < 4.78 is 44.2. The highest BCUT2D eigenvalue weighted by Crippen LogP contribution is 2.34. The summed E-state index contributed by atoms with van der Waals surface area (Å²) in [5, 5.41) is 6.94. The number of nitrogens with one attached hydrogen (secondary N) is 2. The molecule has 2 aromatic carbocycles. The molecule has 32 heavy (non-hydrogen) atoms. The molecule has 8 heteroatoms. The van der Waals surface area contributed by atoms with Crippen molar-refractivity contribution in [2.24, 2.45) is 0 Å². The number of benzene rings is 2. The maximum absolute atomic E-state index is 13.2. The van der Waals surface area contributed by atoms with Gasteiger partial charge in [0, 0.05) is 29.0 Å². The zero-order chi connectivity index (χ0) is 22.9. The molecule has 4 rings (SSSR count). The van der Waals surface area contributed by atoms with Crippen LogP contribution in [-0.2, 0) is 6.18 Å². The lowest BCUT2D eigenvalue weighted by atomic mass is 10.1. The lowest BCUT2D eigenvalue weighted by Gasteiger charge is -2.18. The van der Waals surface area contributed by atoms with Crippen molar-refractivity contribution in [1.29, 1.82) is 0 Å². The second-order valence-electron chi connectivity index (χ2n) is 7.42. The number of aromatic nitrogens is 1. The number of anilines is 2. The minimum Gasteiger partial charge on any atom is -0.456 e. The highest BCUT2D eigenvalue weighted by atomic mass is 19.4. The Morgan fingerprint density at radius 3 is 2.62 bits per heavy atom. The molecule has 0 saturated carbocycles. The molecule has 1 atom stereocenters. The Balaban J connectivity index is 1.54. The van der Waals surface area contributed by atoms with E-state index < -0.39 is 23.4 Å². The van der Waals surface area contributed by atoms with Crippen molar-refractivity contribution in [3.63, 3.8) is 0 Å². The van der Waals surface area contributed by atoms with Crippen LogP contribution in [0.3, 0.4) is 0 Å². The minimum absolute atomic E-state index is 0.0126. The average Bonchev–Trinajstić information content (AvgIpc) is 3.17. The van der Waals surface area contributed by atoms with E-state index in [9.17, 15) is 18.0 Å². The van der Waals surface area contributed by atoms with Gasteiger partial charge < -0.3 is 15.1 Å². The summed E-state index contributed by atoms with van der Waals surface area (Å²) >= 11 is 0. The summed E-state index contributed by atoms with van der Waals surface area (Å²) in [5.74, 6) is -2.17. The van der Waals surface area contributed by atoms with Crippen molar-refractivity contribution in [2.45, 2.75) is 26.1 Å². The van der Waals surface area contributed by atoms with Gasteiger partial charge in [-0.15, -0.1) is 0 Å². The van der Waals surface area contributed by atoms with Gasteiger partial charge in [0.25, 0.3) is 5.91 Å². The third kappa shape index (κ3) is 4.44. The molecule has 0 spiro atoms. The van der Waals surface area contributed by atoms with Crippen LogP contribution in [0.2, 0.25) is 0 Å². The van der Waals surface area contributed by atoms with Crippen LogP contribution in [0.5, 0.6) is 0 Å². The number of aryl methyl sites for hydroxylation is 1. The fraction of sp³-hybridized carbons (Fsp3) is 0.167. The molecule has 1 amide bonds. The Morgan fingerprint density at radius 2 is 1.84 bits per heavy atom. The van der Waals surface area contributed by atoms with Crippen LogP contribution in [0.15, 0.2) is 71.3 Å². The standard InChI is InChI=1S/C24H20F3N3O2/c1-14-12-19(22(32-14)24(25,26)27)23(31)30-17-7-5-6-16(13-17)15(2)29-21-10-11-28-20-9-4-3-8-18(20)21/h3-13,15H,1-2H3,(H,28,29)(H,30,31). The number of rotatable bonds is 5. The first kappa shape index (κ1) is 21.4. The molecule has 2 heterocycles. The van der Waals surface area contributed by atoms with Gasteiger partial charge in [0.15, 0.2) is 0 Å². The third-order valence-corrected chi connectivity index (χ3v) is 5.02. The average molecular weight is 439 g/mol. The minimum atomic E-state index is -4.76. The van der Waals surface area contributed by atoms with Crippen molar-refractivity contribution in [1.82, 2.24) is 4.98 Å². The number of hydrogen-bond acceptors (Lipinski definition) is 4. The van der Waals surface area contributed by atoms with Gasteiger partial charge in [-0.3, -0.25) is 9.78 Å². The van der Waals surface area contributed by atoms with Crippen molar-refractivity contribution < 1.29 is 22.4 Å². The van der Waals surface area contributed by atoms with Gasteiger partial charge in [-0.2, -0.15) is 13.2 Å². The molecule has 0 saturated heterocycles. The summed E-state index contributed by atoms with van der Waals surface area (Å²) in [7, 11) is 0. The molecule has 1 unspecified atom stereocenters. The Bertz CT molecular complexity index is 1280. The van der Waals surface area contributed by atoms with Gasteiger partial charge in [0.2, 0.25) is 5.76 Å². The Kier molecular flexibility index (Phi) is 5.61. The number of fused-ring (bicyclic) bond motifs is 1. The first-order valence-electron chi connectivity index (χ1n) is 9.91. The Hall–Kier alpha value is -3.81. The summed E-state index contributed by atoms with van der Waals surface area (Å²) in [6, 6.07) is 17.5. The first-order chi connectivity index (χ1) is 15.2. The molecular formula is C24H20F3N3O2. The molecule has 2 aromatic heterocycles. The van der Waals surface area contributed by atoms with Crippen LogP contribution in [-0.4, -0.2) is 10.9 Å². The van der Waals surface area contributed by atoms with E-state index in [1.54, 1.807) is 24.4 Å². The molecule has 0 aliphatic rings. The highest BCUT2D eigenvalue weighted by Gasteiger charge is 2.40. The van der Waals surface area contributed by atoms with Gasteiger partial charge in [-0.25, -0.2) is 0 Å². The number of alkyl halides is 3. The number of carbonyl (C=O) groups is 1. The predicted octanol–water partition coefficient (Wildman–Crippen LogP) is 6.58. The smallest absolute Gasteiger partial charge is 0.450 e. The van der Waals surface area contributed by atoms with Crippen molar-refractivity contribution in [3.05, 3.63) is 89.5 Å². The van der Waals surface area contributed by atoms with Gasteiger partial charge >= 0.3 is 6.18 Å². The zero-order valence-corrected chi connectivity index (χ0v) is 17.3. The highest BCUT2D eigenvalue weighted by molar-refractivity contribution is 6.05. The van der Waals surface area contributed by atoms with Crippen LogP contribution in [0.1, 0.15) is 40.4 Å². The number of halogens is 3. The normalized spacial score (nSPS) is 12.5. The zero-order valence-electron chi connectivity index (χ0n) is 17.3. The quantitative estimate of drug-likeness (QED) is 0.369. The summed E-state index contributed by atoms with van der Waals surface area (Å²) in [6.07, 6.45) is -3.03. The molecule has 5 nitrogen and oxygen atoms in total. The maximum atomic E-state index is 13.2. The van der Waals surface area contributed by atoms with Crippen LogP contribution in [0.25, 0.3) is 10.9 Å². The summed E-state index contributed by atoms with van der Waals surface area (Å²) in [4.78, 5) is 16.9. The molecule has 0 bridgehead atoms. The first-order valence-corrected chi connectivity index (χ1v) is 9.91. The molecule has 0 fully saturated rings. The van der Waals surface area contributed by atoms with Gasteiger partial charge in [-0.05, 0) is 49.7 Å². The molecular weight excluding hydrogens is 419 g/mol. The Labute approximate surface area is 182 Å². The number of furan rings is 1. The van der Waals surface area contributed by atoms with E-state index in [4.69, 9.17) is 4.42 Å². The number of pyridine rings is 1. The topological polar surface area (TPSA) is 67.2 Å². The van der Waals surface area contributed by atoms with Crippen molar-refractivity contribution in [2.75, 3.05) is 10.6 Å². The molecule has 0 aliphatic carbocycles. The van der Waals surface area contributed by atoms with Crippen LogP contribution in [0, 0.1) is 6.92 Å². The Morgan fingerprint density at radius 1 is 1.06 bits per heavy atom. The molecule has 164 valence electrons. The maximum Gasteiger partial charge on any atom is 0.450 e. The van der Waals surface area contributed by atoms with Crippen LogP contribution in [0.4, 0.5) is 24.5 Å². The van der Waals surface area contributed by atoms with Gasteiger partial charge in [0.1, 0.15) is 5.76 Å². The lowest BCUT2D eigenvalue weighted by molar-refractivity contribution is -0.153. The third-order valence-electron chi connectivity index (χ3n) is 5.02. The van der Waals surface area contributed by atoms with E-state index in [2.05, 4.69) is 15.6 Å². The fourth-order valence-electron chi connectivity index (χ4n) is 3.52. The van der Waals surface area contributed by atoms with Crippen molar-refractivity contribution >= 4 is 28.2 Å². The van der Waals surface area contributed by atoms with Crippen LogP contribution < -0.4 is 10.6 Å². The van der Waals surface area contributed by atoms with E-state index in [0.717, 1.165) is 28.2 Å². The molecule has 4 aromatic rings. The van der Waals surface area contributed by atoms with E-state index in [-0.39, 0.29) is 11.8 Å². The lowest BCUT2D eigenvalue weighted by Crippen LogP contribution is -2.17. The number of carbonyl (C=O) groups excluding carboxylic acids is 1. The van der Waals surface area contributed by atoms with E-state index in [0.29, 0.717) is 5.69 Å². The van der Waals surface area contributed by atoms with Crippen LogP contribution >= 0.6 is 0 Å². The monoisotopic (exact) mass is 439 g/mol. The summed E-state index contributed by atoms with van der Waals surface area (Å²) in [5.41, 5.74) is 2.45. The SMILES string of the molecule is Cc1cc(C(=O)Nc2cccc(C(C)Nc3ccnc4ccccc34)c2)c(C(F)(F)F)o1. The van der Waals surface area contributed by atoms with E-state index in [1.807, 2.05) is 43.3 Å². The number of nitrogens with zero attached hydrogens (tertiary/aromatic N) is 1. The molecule has 0 radical (unpaired) electrons. The fourth-order valence-corrected chi connectivity index (χ4v) is 3.52. The molecule has 2 N–H and O–H groups in total. The number of para-hydroxylation sites is 1. The second kappa shape index (κ2) is 8.37. The number of amides is 1. The van der Waals surface area contributed by atoms with E-state index in [1.165, 1.54) is 6.92 Å². The van der Waals surface area contributed by atoms with E-state index >= 15 is 0 Å².